The van der Waals surface area contributed by atoms with Crippen molar-refractivity contribution >= 4 is 21.5 Å². The predicted octanol–water partition coefficient (Wildman–Crippen LogP) is -2.04. The number of nitrogens with one attached hydrogen (secondary N) is 1. The van der Waals surface area contributed by atoms with Gasteiger partial charge in [0.05, 0.1) is 40.8 Å². The highest BCUT2D eigenvalue weighted by Crippen LogP contribution is 2.14. The summed E-state index contributed by atoms with van der Waals surface area (Å²) >= 11 is 0. The molecule has 0 spiro atoms. The Balaban J connectivity index is 2.51. The molecular formula is C13H10N2O6. The fraction of sp³-hybridized carbons (Fsp3) is 0.231. The average molecular weight is 290 g/mol. The molecule has 3 N–H and O–H groups in total. The second-order valence-electron chi connectivity index (χ2n) is 4.73. The van der Waals surface area contributed by atoms with Gasteiger partial charge in [-0.3, -0.25) is 28.7 Å². The molecule has 0 atom stereocenters. The van der Waals surface area contributed by atoms with E-state index in [-0.39, 0.29) is 21.5 Å². The molecule has 8 heteroatoms. The molecule has 0 saturated carbocycles. The average Bonchev–Trinajstić information content (AvgIpc) is 2.88. The van der Waals surface area contributed by atoms with Crippen LogP contribution in [0.1, 0.15) is 6.04 Å². The summed E-state index contributed by atoms with van der Waals surface area (Å²) in [6.45, 7) is -1.16. The highest BCUT2D eigenvalue weighted by molar-refractivity contribution is 5.97. The number of aromatic nitrogens is 2. The van der Waals surface area contributed by atoms with Crippen molar-refractivity contribution in [3.63, 3.8) is 0 Å². The molecular weight excluding hydrogens is 280 g/mol. The first-order valence-corrected chi connectivity index (χ1v) is 6.13. The van der Waals surface area contributed by atoms with Crippen LogP contribution in [-0.4, -0.2) is 33.0 Å². The Bertz CT molecular complexity index is 971. The number of aliphatic hydroxyl groups excluding tert-OH is 2. The van der Waals surface area contributed by atoms with Gasteiger partial charge in [-0.15, -0.1) is 0 Å². The molecule has 0 radical (unpaired) electrons. The van der Waals surface area contributed by atoms with Crippen molar-refractivity contribution < 1.29 is 10.2 Å². The summed E-state index contributed by atoms with van der Waals surface area (Å²) in [7, 11) is 0. The van der Waals surface area contributed by atoms with Crippen LogP contribution < -0.4 is 22.2 Å². The molecule has 108 valence electrons. The highest BCUT2D eigenvalue weighted by atomic mass is 16.3. The Hall–Kier alpha value is -2.58. The Labute approximate surface area is 115 Å². The van der Waals surface area contributed by atoms with E-state index in [1.165, 1.54) is 12.1 Å². The van der Waals surface area contributed by atoms with Crippen molar-refractivity contribution in [2.24, 2.45) is 0 Å². The lowest BCUT2D eigenvalue weighted by Gasteiger charge is -2.09. The second kappa shape index (κ2) is 4.47. The summed E-state index contributed by atoms with van der Waals surface area (Å²) in [5.41, 5.74) is -2.68. The van der Waals surface area contributed by atoms with Gasteiger partial charge in [0.15, 0.2) is 0 Å². The highest BCUT2D eigenvalue weighted by Gasteiger charge is 2.21. The monoisotopic (exact) mass is 290 g/mol. The lowest BCUT2D eigenvalue weighted by Crippen LogP contribution is -2.33. The number of rotatable bonds is 3. The van der Waals surface area contributed by atoms with Crippen LogP contribution in [-0.2, 0) is 0 Å². The van der Waals surface area contributed by atoms with Crippen molar-refractivity contribution in [2.75, 3.05) is 13.2 Å². The normalized spacial score (nSPS) is 12.0. The van der Waals surface area contributed by atoms with E-state index in [4.69, 9.17) is 10.2 Å². The Morgan fingerprint density at radius 1 is 0.857 bits per heavy atom. The maximum Gasteiger partial charge on any atom is 0.261 e. The molecule has 3 rings (SSSR count). The molecule has 0 fully saturated rings. The van der Waals surface area contributed by atoms with Gasteiger partial charge in [0, 0.05) is 0 Å². The van der Waals surface area contributed by atoms with Crippen LogP contribution in [0.2, 0.25) is 0 Å². The number of benzene rings is 1. The fourth-order valence-corrected chi connectivity index (χ4v) is 2.47. The van der Waals surface area contributed by atoms with Gasteiger partial charge in [-0.05, 0) is 12.1 Å². The van der Waals surface area contributed by atoms with Crippen molar-refractivity contribution in [3.05, 3.63) is 53.5 Å². The van der Waals surface area contributed by atoms with Crippen molar-refractivity contribution in [2.45, 2.75) is 6.04 Å². The lowest BCUT2D eigenvalue weighted by atomic mass is 10.1. The van der Waals surface area contributed by atoms with E-state index in [0.29, 0.717) is 0 Å². The molecule has 21 heavy (non-hydrogen) atoms. The van der Waals surface area contributed by atoms with Gasteiger partial charge >= 0.3 is 0 Å². The summed E-state index contributed by atoms with van der Waals surface area (Å²) in [5.74, 6) is 0. The van der Waals surface area contributed by atoms with Gasteiger partial charge in [0.25, 0.3) is 22.2 Å². The topological polar surface area (TPSA) is 129 Å². The molecule has 0 aliphatic heterocycles. The zero-order valence-electron chi connectivity index (χ0n) is 10.6. The van der Waals surface area contributed by atoms with Gasteiger partial charge in [-0.2, -0.15) is 0 Å². The third-order valence-electron chi connectivity index (χ3n) is 3.56. The fourth-order valence-electron chi connectivity index (χ4n) is 2.47. The zero-order chi connectivity index (χ0) is 15.3. The van der Waals surface area contributed by atoms with Gasteiger partial charge in [-0.1, -0.05) is 0 Å². The first-order chi connectivity index (χ1) is 9.99. The molecule has 0 amide bonds. The van der Waals surface area contributed by atoms with E-state index in [1.54, 1.807) is 0 Å². The Morgan fingerprint density at radius 2 is 1.29 bits per heavy atom. The minimum Gasteiger partial charge on any atom is -0.394 e. The molecule has 8 nitrogen and oxygen atoms in total. The first kappa shape index (κ1) is 13.4. The van der Waals surface area contributed by atoms with E-state index in [9.17, 15) is 19.2 Å². The van der Waals surface area contributed by atoms with Crippen LogP contribution in [0.25, 0.3) is 21.5 Å². The minimum absolute atomic E-state index is 0.0181. The largest absolute Gasteiger partial charge is 0.394 e. The number of nitrogens with zero attached hydrogens (tertiary/aromatic N) is 1. The number of hydrogen-bond donors (Lipinski definition) is 3. The number of hydrogen-bond acceptors (Lipinski definition) is 6. The smallest absolute Gasteiger partial charge is 0.261 e. The van der Waals surface area contributed by atoms with Crippen LogP contribution in [0.3, 0.4) is 0 Å². The van der Waals surface area contributed by atoms with E-state index in [1.807, 2.05) is 0 Å². The second-order valence-corrected chi connectivity index (χ2v) is 4.73. The standard InChI is InChI=1S/C13H10N2O6/c16-3-5(4-17)15-12(20)8-1-6-7(2-9(8)13(15)21)11(19)14-10(6)18/h1-2,5,16-17H,3-4H2,(H,14,18,19). The number of fused-ring (bicyclic) bond motifs is 2. The van der Waals surface area contributed by atoms with Crippen LogP contribution in [0.4, 0.5) is 0 Å². The molecule has 0 unspecified atom stereocenters. The summed E-state index contributed by atoms with van der Waals surface area (Å²) < 4.78 is 0.738. The zero-order valence-corrected chi connectivity index (χ0v) is 10.6. The van der Waals surface area contributed by atoms with Crippen LogP contribution in [0.15, 0.2) is 31.3 Å². The SMILES string of the molecule is O=c1[nH]c(=O)c2cc3c(=O)n(C(CO)CO)c(=O)c3cc12. The number of H-pyrrole nitrogens is 1. The third-order valence-corrected chi connectivity index (χ3v) is 3.56. The van der Waals surface area contributed by atoms with Crippen LogP contribution in [0.5, 0.6) is 0 Å². The molecule has 0 saturated heterocycles. The van der Waals surface area contributed by atoms with E-state index in [0.717, 1.165) is 4.57 Å². The van der Waals surface area contributed by atoms with Crippen LogP contribution in [0, 0.1) is 0 Å². The molecule has 2 aromatic heterocycles. The Kier molecular flexibility index (Phi) is 2.85. The maximum absolute atomic E-state index is 12.2. The molecule has 1 aromatic carbocycles. The lowest BCUT2D eigenvalue weighted by molar-refractivity contribution is 0.151. The quantitative estimate of drug-likeness (QED) is 0.510. The van der Waals surface area contributed by atoms with Crippen molar-refractivity contribution in [1.29, 1.82) is 0 Å². The van der Waals surface area contributed by atoms with E-state index >= 15 is 0 Å². The van der Waals surface area contributed by atoms with Crippen molar-refractivity contribution in [3.8, 4) is 0 Å². The van der Waals surface area contributed by atoms with Crippen molar-refractivity contribution in [1.82, 2.24) is 9.55 Å². The summed E-state index contributed by atoms with van der Waals surface area (Å²) in [6.07, 6.45) is 0. The molecule has 0 bridgehead atoms. The van der Waals surface area contributed by atoms with Gasteiger partial charge in [0.2, 0.25) is 0 Å². The molecule has 0 aliphatic carbocycles. The maximum atomic E-state index is 12.2. The number of aliphatic hydroxyl groups is 2. The molecule has 3 aromatic rings. The summed E-state index contributed by atoms with van der Waals surface area (Å²) in [4.78, 5) is 49.7. The van der Waals surface area contributed by atoms with Crippen LogP contribution >= 0.6 is 0 Å². The molecule has 2 heterocycles. The predicted molar refractivity (Wildman–Crippen MR) is 74.5 cm³/mol. The van der Waals surface area contributed by atoms with E-state index in [2.05, 4.69) is 4.98 Å². The summed E-state index contributed by atoms with van der Waals surface area (Å²) in [6, 6.07) is 1.32. The number of aromatic amines is 1. The van der Waals surface area contributed by atoms with Gasteiger partial charge in [0.1, 0.15) is 0 Å². The third kappa shape index (κ3) is 1.70. The minimum atomic E-state index is -1.06. The van der Waals surface area contributed by atoms with Gasteiger partial charge < -0.3 is 10.2 Å². The molecule has 0 aliphatic rings. The Morgan fingerprint density at radius 3 is 1.67 bits per heavy atom. The first-order valence-electron chi connectivity index (χ1n) is 6.13. The summed E-state index contributed by atoms with van der Waals surface area (Å²) in [5, 5.41) is 18.3. The van der Waals surface area contributed by atoms with Gasteiger partial charge in [-0.25, -0.2) is 0 Å². The van der Waals surface area contributed by atoms with E-state index < -0.39 is 41.5 Å².